The Labute approximate surface area is 204 Å². The summed E-state index contributed by atoms with van der Waals surface area (Å²) in [5.41, 5.74) is 2.61. The van der Waals surface area contributed by atoms with Crippen LogP contribution in [0.2, 0.25) is 0 Å². The quantitative estimate of drug-likeness (QED) is 0.497. The molecule has 1 saturated heterocycles. The van der Waals surface area contributed by atoms with Crippen molar-refractivity contribution < 1.29 is 28.9 Å². The molecule has 1 heterocycles. The van der Waals surface area contributed by atoms with Crippen LogP contribution in [0.5, 0.6) is 0 Å². The van der Waals surface area contributed by atoms with Crippen LogP contribution in [0.3, 0.4) is 0 Å². The van der Waals surface area contributed by atoms with E-state index in [2.05, 4.69) is 0 Å². The highest BCUT2D eigenvalue weighted by Gasteiger charge is 2.43. The number of aliphatic hydroxyl groups excluding tert-OH is 1. The Bertz CT molecular complexity index is 1080. The second kappa shape index (κ2) is 12.1. The number of hydrogen-bond donors (Lipinski definition) is 1. The molecule has 0 aromatic heterocycles. The minimum atomic E-state index is -1.12. The lowest BCUT2D eigenvalue weighted by atomic mass is 9.92. The molecule has 35 heavy (non-hydrogen) atoms. The number of carbonyl (C=O) groups is 2. The minimum Gasteiger partial charge on any atom is -0.460 e. The number of aliphatic hydroxyl groups is 1. The van der Waals surface area contributed by atoms with Gasteiger partial charge in [0.25, 0.3) is 0 Å². The lowest BCUT2D eigenvalue weighted by Crippen LogP contribution is -2.57. The fraction of sp³-hybridized carbons (Fsp3) is 0.286. The van der Waals surface area contributed by atoms with Crippen LogP contribution in [-0.4, -0.2) is 47.4 Å². The van der Waals surface area contributed by atoms with Gasteiger partial charge in [-0.25, -0.2) is 4.79 Å². The highest BCUT2D eigenvalue weighted by atomic mass is 16.6. The van der Waals surface area contributed by atoms with E-state index in [4.69, 9.17) is 14.2 Å². The standard InChI is InChI=1S/C28H29NO6/c30-26-24(27(31)34-19-22-12-6-2-7-13-22)16-29(28(32)35-20-23-14-8-3-9-15-23)17-25(26)33-18-21-10-4-1-5-11-21/h1-15,24-26,30H,16-20H2/t24-,25+,26+/m0/s1. The van der Waals surface area contributed by atoms with Gasteiger partial charge in [0.15, 0.2) is 0 Å². The number of piperidine rings is 1. The summed E-state index contributed by atoms with van der Waals surface area (Å²) >= 11 is 0. The SMILES string of the molecule is O=C(OCc1ccccc1)[C@H]1CN(C(=O)OCc2ccccc2)C[C@@H](OCc2ccccc2)[C@@H]1O. The van der Waals surface area contributed by atoms with E-state index in [1.165, 1.54) is 4.90 Å². The van der Waals surface area contributed by atoms with E-state index >= 15 is 0 Å². The van der Waals surface area contributed by atoms with E-state index in [-0.39, 0.29) is 32.9 Å². The van der Waals surface area contributed by atoms with E-state index in [9.17, 15) is 14.7 Å². The summed E-state index contributed by atoms with van der Waals surface area (Å²) in [5, 5.41) is 11.0. The highest BCUT2D eigenvalue weighted by molar-refractivity contribution is 5.75. The second-order valence-corrected chi connectivity index (χ2v) is 8.47. The van der Waals surface area contributed by atoms with Gasteiger partial charge in [-0.15, -0.1) is 0 Å². The predicted molar refractivity (Wildman–Crippen MR) is 129 cm³/mol. The fourth-order valence-corrected chi connectivity index (χ4v) is 3.94. The number of rotatable bonds is 8. The lowest BCUT2D eigenvalue weighted by molar-refractivity contribution is -0.167. The Morgan fingerprint density at radius 2 is 1.20 bits per heavy atom. The molecule has 1 fully saturated rings. The molecule has 0 aliphatic carbocycles. The van der Waals surface area contributed by atoms with Gasteiger partial charge in [-0.3, -0.25) is 4.79 Å². The molecule has 0 saturated carbocycles. The monoisotopic (exact) mass is 475 g/mol. The maximum Gasteiger partial charge on any atom is 0.410 e. The van der Waals surface area contributed by atoms with Crippen molar-refractivity contribution in [1.82, 2.24) is 4.90 Å². The number of hydrogen-bond acceptors (Lipinski definition) is 6. The molecule has 3 aromatic carbocycles. The van der Waals surface area contributed by atoms with Crippen molar-refractivity contribution in [2.45, 2.75) is 32.0 Å². The second-order valence-electron chi connectivity index (χ2n) is 8.47. The van der Waals surface area contributed by atoms with E-state index < -0.39 is 30.2 Å². The van der Waals surface area contributed by atoms with Gasteiger partial charge in [0.2, 0.25) is 0 Å². The highest BCUT2D eigenvalue weighted by Crippen LogP contribution is 2.24. The minimum absolute atomic E-state index is 0.0202. The average molecular weight is 476 g/mol. The maximum absolute atomic E-state index is 12.9. The van der Waals surface area contributed by atoms with Crippen molar-refractivity contribution in [1.29, 1.82) is 0 Å². The number of amides is 1. The van der Waals surface area contributed by atoms with E-state index in [0.717, 1.165) is 16.7 Å². The molecule has 3 aromatic rings. The Hall–Kier alpha value is -3.68. The normalized spacial score (nSPS) is 19.7. The Kier molecular flexibility index (Phi) is 8.48. The topological polar surface area (TPSA) is 85.3 Å². The molecule has 3 atom stereocenters. The van der Waals surface area contributed by atoms with Crippen molar-refractivity contribution in [3.63, 3.8) is 0 Å². The van der Waals surface area contributed by atoms with Crippen LogP contribution in [0.1, 0.15) is 16.7 Å². The maximum atomic E-state index is 12.9. The molecule has 7 heteroatoms. The van der Waals surface area contributed by atoms with E-state index in [0.29, 0.717) is 0 Å². The molecule has 0 bridgehead atoms. The number of nitrogens with zero attached hydrogens (tertiary/aromatic N) is 1. The first-order valence-corrected chi connectivity index (χ1v) is 11.6. The van der Waals surface area contributed by atoms with Gasteiger partial charge in [-0.05, 0) is 16.7 Å². The molecule has 4 rings (SSSR count). The number of likely N-dealkylation sites (tertiary alicyclic amines) is 1. The third-order valence-corrected chi connectivity index (χ3v) is 5.91. The van der Waals surface area contributed by atoms with E-state index in [1.807, 2.05) is 91.0 Å². The van der Waals surface area contributed by atoms with Crippen LogP contribution in [0.25, 0.3) is 0 Å². The summed E-state index contributed by atoms with van der Waals surface area (Å²) in [4.78, 5) is 27.2. The van der Waals surface area contributed by atoms with Crippen LogP contribution in [0, 0.1) is 5.92 Å². The molecular weight excluding hydrogens is 446 g/mol. The zero-order chi connectivity index (χ0) is 24.5. The van der Waals surface area contributed by atoms with Crippen molar-refractivity contribution in [2.75, 3.05) is 13.1 Å². The molecular formula is C28H29NO6. The zero-order valence-electron chi connectivity index (χ0n) is 19.4. The van der Waals surface area contributed by atoms with Gasteiger partial charge in [0.05, 0.1) is 19.3 Å². The van der Waals surface area contributed by atoms with Gasteiger partial charge in [0, 0.05) is 6.54 Å². The molecule has 1 aliphatic rings. The molecule has 1 amide bonds. The Morgan fingerprint density at radius 3 is 1.74 bits per heavy atom. The van der Waals surface area contributed by atoms with Gasteiger partial charge in [0.1, 0.15) is 25.2 Å². The summed E-state index contributed by atoms with van der Waals surface area (Å²) in [7, 11) is 0. The Balaban J connectivity index is 1.43. The average Bonchev–Trinajstić information content (AvgIpc) is 2.91. The molecule has 0 radical (unpaired) electrons. The van der Waals surface area contributed by atoms with E-state index in [1.54, 1.807) is 0 Å². The number of esters is 1. The fourth-order valence-electron chi connectivity index (χ4n) is 3.94. The third kappa shape index (κ3) is 6.91. The van der Waals surface area contributed by atoms with Crippen molar-refractivity contribution in [3.8, 4) is 0 Å². The predicted octanol–water partition coefficient (Wildman–Crippen LogP) is 3.94. The van der Waals surface area contributed by atoms with Crippen molar-refractivity contribution >= 4 is 12.1 Å². The molecule has 182 valence electrons. The van der Waals surface area contributed by atoms with Crippen molar-refractivity contribution in [2.24, 2.45) is 5.92 Å². The molecule has 0 unspecified atom stereocenters. The van der Waals surface area contributed by atoms with Crippen LogP contribution in [0.15, 0.2) is 91.0 Å². The summed E-state index contributed by atoms with van der Waals surface area (Å²) in [6, 6.07) is 28.2. The van der Waals surface area contributed by atoms with Crippen LogP contribution >= 0.6 is 0 Å². The first-order chi connectivity index (χ1) is 17.1. The number of carbonyl (C=O) groups excluding carboxylic acids is 2. The van der Waals surface area contributed by atoms with Gasteiger partial charge in [-0.2, -0.15) is 0 Å². The molecule has 7 nitrogen and oxygen atoms in total. The summed E-state index contributed by atoms with van der Waals surface area (Å²) in [5.74, 6) is -1.55. The number of benzene rings is 3. The molecule has 1 aliphatic heterocycles. The number of ether oxygens (including phenoxy) is 3. The first-order valence-electron chi connectivity index (χ1n) is 11.6. The van der Waals surface area contributed by atoms with Crippen LogP contribution in [0.4, 0.5) is 4.79 Å². The lowest BCUT2D eigenvalue weighted by Gasteiger charge is -2.39. The third-order valence-electron chi connectivity index (χ3n) is 5.91. The van der Waals surface area contributed by atoms with Gasteiger partial charge in [-0.1, -0.05) is 91.0 Å². The van der Waals surface area contributed by atoms with Gasteiger partial charge < -0.3 is 24.2 Å². The Morgan fingerprint density at radius 1 is 0.714 bits per heavy atom. The summed E-state index contributed by atoms with van der Waals surface area (Å²) in [6.07, 6.45) is -2.47. The van der Waals surface area contributed by atoms with Crippen LogP contribution < -0.4 is 0 Å². The van der Waals surface area contributed by atoms with Crippen molar-refractivity contribution in [3.05, 3.63) is 108 Å². The molecule has 1 N–H and O–H groups in total. The summed E-state index contributed by atoms with van der Waals surface area (Å²) in [6.45, 7) is 0.507. The summed E-state index contributed by atoms with van der Waals surface area (Å²) < 4.78 is 16.9. The largest absolute Gasteiger partial charge is 0.460 e. The first kappa shape index (κ1) is 24.4. The zero-order valence-corrected chi connectivity index (χ0v) is 19.4. The molecule has 0 spiro atoms. The van der Waals surface area contributed by atoms with Crippen LogP contribution in [-0.2, 0) is 38.8 Å². The smallest absolute Gasteiger partial charge is 0.410 e. The van der Waals surface area contributed by atoms with Gasteiger partial charge >= 0.3 is 12.1 Å².